The molecule has 11 heteroatoms. The third kappa shape index (κ3) is 6.74. The number of methoxy groups -OCH3 is 1. The minimum absolute atomic E-state index is 0.207. The van der Waals surface area contributed by atoms with Crippen molar-refractivity contribution in [2.75, 3.05) is 25.6 Å². The second kappa shape index (κ2) is 13.4. The van der Waals surface area contributed by atoms with Gasteiger partial charge in [0.15, 0.2) is 0 Å². The number of rotatable bonds is 9. The molecule has 37 heavy (non-hydrogen) atoms. The second-order valence-corrected chi connectivity index (χ2v) is 12.3. The number of nitrogens with one attached hydrogen (secondary N) is 1. The van der Waals surface area contributed by atoms with E-state index in [0.29, 0.717) is 25.2 Å². The first-order valence-corrected chi connectivity index (χ1v) is 14.9. The van der Waals surface area contributed by atoms with Gasteiger partial charge in [0.1, 0.15) is 9.88 Å². The number of hydrogen-bond donors (Lipinski definition) is 1. The smallest absolute Gasteiger partial charge is 0.348 e. The first-order valence-electron chi connectivity index (χ1n) is 12.4. The van der Waals surface area contributed by atoms with Crippen molar-refractivity contribution in [1.29, 1.82) is 0 Å². The number of carbonyl (C=O) groups is 4. The van der Waals surface area contributed by atoms with Crippen molar-refractivity contribution in [2.24, 2.45) is 0 Å². The van der Waals surface area contributed by atoms with Gasteiger partial charge in [-0.05, 0) is 64.5 Å². The highest BCUT2D eigenvalue weighted by atomic mass is 32.2. The summed E-state index contributed by atoms with van der Waals surface area (Å²) in [4.78, 5) is 52.5. The zero-order valence-electron chi connectivity index (χ0n) is 21.8. The summed E-state index contributed by atoms with van der Waals surface area (Å²) in [6.07, 6.45) is 5.97. The third-order valence-corrected chi connectivity index (χ3v) is 9.80. The minimum atomic E-state index is -0.628. The van der Waals surface area contributed by atoms with Crippen molar-refractivity contribution in [3.8, 4) is 0 Å². The van der Waals surface area contributed by atoms with Gasteiger partial charge in [0.25, 0.3) is 0 Å². The highest BCUT2D eigenvalue weighted by Gasteiger charge is 2.30. The summed E-state index contributed by atoms with van der Waals surface area (Å²) in [6.45, 7) is 7.31. The van der Waals surface area contributed by atoms with Crippen LogP contribution >= 0.6 is 34.4 Å². The molecule has 202 valence electrons. The molecule has 1 aliphatic rings. The molecule has 0 aliphatic heterocycles. The molecule has 2 aromatic rings. The Morgan fingerprint density at radius 1 is 0.919 bits per heavy atom. The summed E-state index contributed by atoms with van der Waals surface area (Å²) in [5, 5.41) is 2.83. The number of thioether (sulfide) groups is 1. The van der Waals surface area contributed by atoms with E-state index in [4.69, 9.17) is 14.2 Å². The first-order chi connectivity index (χ1) is 17.7. The lowest BCUT2D eigenvalue weighted by atomic mass is 9.96. The van der Waals surface area contributed by atoms with Crippen LogP contribution in [0.15, 0.2) is 4.21 Å². The van der Waals surface area contributed by atoms with E-state index < -0.39 is 23.2 Å². The number of aryl methyl sites for hydroxylation is 1. The monoisotopic (exact) mass is 567 g/mol. The van der Waals surface area contributed by atoms with Gasteiger partial charge >= 0.3 is 17.9 Å². The van der Waals surface area contributed by atoms with Crippen LogP contribution in [-0.2, 0) is 31.8 Å². The molecule has 0 saturated heterocycles. The van der Waals surface area contributed by atoms with E-state index in [0.717, 1.165) is 72.1 Å². The molecule has 0 aromatic carbocycles. The van der Waals surface area contributed by atoms with Crippen LogP contribution in [-0.4, -0.2) is 49.4 Å². The van der Waals surface area contributed by atoms with Gasteiger partial charge in [-0.1, -0.05) is 12.8 Å². The molecule has 1 atom stereocenters. The molecular formula is C26H33NO7S3. The highest BCUT2D eigenvalue weighted by Crippen LogP contribution is 2.41. The van der Waals surface area contributed by atoms with Gasteiger partial charge in [-0.25, -0.2) is 14.4 Å². The Labute approximate surface area is 229 Å². The van der Waals surface area contributed by atoms with Crippen LogP contribution in [0.5, 0.6) is 0 Å². The molecule has 1 aliphatic carbocycles. The predicted octanol–water partition coefficient (Wildman–Crippen LogP) is 6.04. The highest BCUT2D eigenvalue weighted by molar-refractivity contribution is 8.02. The van der Waals surface area contributed by atoms with Crippen LogP contribution in [0.4, 0.5) is 5.00 Å². The molecule has 2 aromatic heterocycles. The molecule has 1 unspecified atom stereocenters. The van der Waals surface area contributed by atoms with Crippen molar-refractivity contribution >= 4 is 63.3 Å². The minimum Gasteiger partial charge on any atom is -0.465 e. The summed E-state index contributed by atoms with van der Waals surface area (Å²) < 4.78 is 15.9. The standard InChI is InChI=1S/C26H33NO7S3/c1-6-33-24(30)19-16-12-10-8-9-11-13-17(16)36-22(19)27-21(28)15(4)35-26-18(23(29)32-5)14(3)20(37-26)25(31)34-7-2/h15H,6-13H2,1-5H3,(H,27,28). The molecule has 8 nitrogen and oxygen atoms in total. The van der Waals surface area contributed by atoms with Crippen LogP contribution < -0.4 is 5.32 Å². The Hall–Kier alpha value is -2.37. The maximum absolute atomic E-state index is 13.3. The number of anilines is 1. The lowest BCUT2D eigenvalue weighted by molar-refractivity contribution is -0.115. The van der Waals surface area contributed by atoms with Gasteiger partial charge < -0.3 is 19.5 Å². The van der Waals surface area contributed by atoms with Crippen molar-refractivity contribution in [2.45, 2.75) is 75.7 Å². The van der Waals surface area contributed by atoms with Crippen LogP contribution in [0.3, 0.4) is 0 Å². The van der Waals surface area contributed by atoms with Gasteiger partial charge in [-0.3, -0.25) is 4.79 Å². The van der Waals surface area contributed by atoms with Crippen LogP contribution in [0, 0.1) is 6.92 Å². The summed E-state index contributed by atoms with van der Waals surface area (Å²) in [7, 11) is 1.27. The SMILES string of the molecule is CCOC(=O)c1sc(SC(C)C(=O)Nc2sc3c(c2C(=O)OCC)CCCCCC3)c(C(=O)OC)c1C. The van der Waals surface area contributed by atoms with E-state index in [9.17, 15) is 19.2 Å². The molecular weight excluding hydrogens is 534 g/mol. The number of thiophene rings is 2. The zero-order valence-corrected chi connectivity index (χ0v) is 24.3. The average Bonchev–Trinajstić information content (AvgIpc) is 3.35. The molecule has 0 spiro atoms. The molecule has 0 bridgehead atoms. The van der Waals surface area contributed by atoms with Gasteiger partial charge in [-0.15, -0.1) is 34.4 Å². The summed E-state index contributed by atoms with van der Waals surface area (Å²) in [5.74, 6) is -1.84. The Bertz CT molecular complexity index is 1170. The van der Waals surface area contributed by atoms with Crippen molar-refractivity contribution in [1.82, 2.24) is 0 Å². The van der Waals surface area contributed by atoms with Crippen LogP contribution in [0.1, 0.15) is 92.8 Å². The molecule has 1 amide bonds. The lowest BCUT2D eigenvalue weighted by Crippen LogP contribution is -2.23. The second-order valence-electron chi connectivity index (χ2n) is 8.52. The maximum atomic E-state index is 13.3. The van der Waals surface area contributed by atoms with E-state index in [1.54, 1.807) is 27.7 Å². The number of hydrogen-bond acceptors (Lipinski definition) is 10. The fourth-order valence-electron chi connectivity index (χ4n) is 4.15. The van der Waals surface area contributed by atoms with E-state index in [2.05, 4.69) is 5.32 Å². The zero-order chi connectivity index (χ0) is 27.1. The van der Waals surface area contributed by atoms with Gasteiger partial charge in [-0.2, -0.15) is 0 Å². The summed E-state index contributed by atoms with van der Waals surface area (Å²) in [6, 6.07) is 0. The predicted molar refractivity (Wildman–Crippen MR) is 146 cm³/mol. The van der Waals surface area contributed by atoms with Gasteiger partial charge in [0.05, 0.1) is 40.9 Å². The van der Waals surface area contributed by atoms with E-state index >= 15 is 0 Å². The largest absolute Gasteiger partial charge is 0.465 e. The van der Waals surface area contributed by atoms with E-state index in [1.807, 2.05) is 0 Å². The first kappa shape index (κ1) is 29.2. The van der Waals surface area contributed by atoms with Crippen LogP contribution in [0.25, 0.3) is 0 Å². The average molecular weight is 568 g/mol. The molecule has 0 fully saturated rings. The molecule has 3 rings (SSSR count). The fourth-order valence-corrected chi connectivity index (χ4v) is 8.07. The Kier molecular flexibility index (Phi) is 10.6. The lowest BCUT2D eigenvalue weighted by Gasteiger charge is -2.13. The number of ether oxygens (including phenoxy) is 3. The number of fused-ring (bicyclic) bond motifs is 1. The van der Waals surface area contributed by atoms with Crippen molar-refractivity contribution in [3.05, 3.63) is 32.0 Å². The molecule has 0 radical (unpaired) electrons. The third-order valence-electron chi connectivity index (χ3n) is 6.01. The summed E-state index contributed by atoms with van der Waals surface area (Å²) >= 11 is 3.72. The summed E-state index contributed by atoms with van der Waals surface area (Å²) in [5.41, 5.74) is 2.17. The fraction of sp³-hybridized carbons (Fsp3) is 0.538. The Balaban J connectivity index is 1.88. The number of carbonyl (C=O) groups excluding carboxylic acids is 4. The molecule has 1 N–H and O–H groups in total. The number of amides is 1. The van der Waals surface area contributed by atoms with Gasteiger partial charge in [0.2, 0.25) is 5.91 Å². The van der Waals surface area contributed by atoms with E-state index in [1.165, 1.54) is 18.4 Å². The van der Waals surface area contributed by atoms with E-state index in [-0.39, 0.29) is 24.7 Å². The Morgan fingerprint density at radius 2 is 1.57 bits per heavy atom. The van der Waals surface area contributed by atoms with Crippen molar-refractivity contribution in [3.63, 3.8) is 0 Å². The maximum Gasteiger partial charge on any atom is 0.348 e. The quantitative estimate of drug-likeness (QED) is 0.222. The Morgan fingerprint density at radius 3 is 2.22 bits per heavy atom. The van der Waals surface area contributed by atoms with Crippen molar-refractivity contribution < 1.29 is 33.4 Å². The van der Waals surface area contributed by atoms with Crippen LogP contribution in [0.2, 0.25) is 0 Å². The number of esters is 3. The molecule has 0 saturated carbocycles. The topological polar surface area (TPSA) is 108 Å². The molecule has 2 heterocycles. The normalized spacial score (nSPS) is 14.1. The van der Waals surface area contributed by atoms with Gasteiger partial charge in [0, 0.05) is 4.88 Å².